The molecule has 0 spiro atoms. The van der Waals surface area contributed by atoms with Crippen molar-refractivity contribution in [1.29, 1.82) is 0 Å². The highest BCUT2D eigenvalue weighted by molar-refractivity contribution is 5.97. The highest BCUT2D eigenvalue weighted by Crippen LogP contribution is 2.23. The first kappa shape index (κ1) is 13.9. The number of ketones is 1. The molecule has 0 aliphatic heterocycles. The number of rotatable bonds is 5. The van der Waals surface area contributed by atoms with Crippen LogP contribution in [-0.2, 0) is 6.61 Å². The van der Waals surface area contributed by atoms with Crippen LogP contribution in [0.25, 0.3) is 0 Å². The number of nitrogens with zero attached hydrogens (tertiary/aromatic N) is 1. The van der Waals surface area contributed by atoms with Crippen LogP contribution in [0.4, 0.5) is 5.69 Å². The molecule has 0 aliphatic carbocycles. The Kier molecular flexibility index (Phi) is 4.20. The van der Waals surface area contributed by atoms with Gasteiger partial charge in [-0.25, -0.2) is 4.98 Å². The Morgan fingerprint density at radius 3 is 2.80 bits per heavy atom. The van der Waals surface area contributed by atoms with Crippen molar-refractivity contribution in [3.05, 3.63) is 47.7 Å². The maximum atomic E-state index is 11.6. The largest absolute Gasteiger partial charge is 0.487 e. The van der Waals surface area contributed by atoms with Crippen LogP contribution in [0.3, 0.4) is 0 Å². The average Bonchev–Trinajstić information content (AvgIpc) is 2.46. The molecule has 104 valence electrons. The molecule has 1 aromatic carbocycles. The molecular formula is C15H16N2O3. The molecule has 1 aromatic heterocycles. The van der Waals surface area contributed by atoms with Crippen molar-refractivity contribution >= 4 is 11.5 Å². The molecule has 5 nitrogen and oxygen atoms in total. The van der Waals surface area contributed by atoms with Crippen LogP contribution in [0.5, 0.6) is 11.6 Å². The van der Waals surface area contributed by atoms with Gasteiger partial charge in [-0.05, 0) is 31.2 Å². The van der Waals surface area contributed by atoms with Crippen molar-refractivity contribution in [1.82, 2.24) is 4.98 Å². The summed E-state index contributed by atoms with van der Waals surface area (Å²) in [7, 11) is 1.56. The lowest BCUT2D eigenvalue weighted by atomic mass is 10.1. The Bertz CT molecular complexity index is 626. The Morgan fingerprint density at radius 2 is 2.10 bits per heavy atom. The number of Topliss-reactive ketones (excluding diaryl/α,β-unsaturated/α-hetero) is 1. The predicted molar refractivity (Wildman–Crippen MR) is 76.0 cm³/mol. The van der Waals surface area contributed by atoms with Crippen LogP contribution in [0, 0.1) is 0 Å². The number of pyridine rings is 1. The molecule has 0 fully saturated rings. The lowest BCUT2D eigenvalue weighted by Crippen LogP contribution is -2.04. The third-order valence-corrected chi connectivity index (χ3v) is 2.75. The van der Waals surface area contributed by atoms with Gasteiger partial charge in [0.2, 0.25) is 5.88 Å². The van der Waals surface area contributed by atoms with Gasteiger partial charge in [-0.1, -0.05) is 6.07 Å². The molecule has 0 aliphatic rings. The molecule has 20 heavy (non-hydrogen) atoms. The van der Waals surface area contributed by atoms with E-state index in [-0.39, 0.29) is 12.4 Å². The Hall–Kier alpha value is -2.56. The molecule has 5 heteroatoms. The van der Waals surface area contributed by atoms with E-state index in [0.29, 0.717) is 22.9 Å². The fourth-order valence-electron chi connectivity index (χ4n) is 1.75. The quantitative estimate of drug-likeness (QED) is 0.668. The third-order valence-electron chi connectivity index (χ3n) is 2.75. The Balaban J connectivity index is 2.16. The van der Waals surface area contributed by atoms with Crippen molar-refractivity contribution in [2.45, 2.75) is 13.5 Å². The fourth-order valence-corrected chi connectivity index (χ4v) is 1.75. The van der Waals surface area contributed by atoms with Crippen LogP contribution < -0.4 is 15.2 Å². The minimum Gasteiger partial charge on any atom is -0.487 e. The van der Waals surface area contributed by atoms with Gasteiger partial charge >= 0.3 is 0 Å². The topological polar surface area (TPSA) is 74.4 Å². The maximum Gasteiger partial charge on any atom is 0.213 e. The fraction of sp³-hybridized carbons (Fsp3) is 0.200. The zero-order chi connectivity index (χ0) is 14.5. The second-order valence-corrected chi connectivity index (χ2v) is 4.27. The summed E-state index contributed by atoms with van der Waals surface area (Å²) in [4.78, 5) is 15.8. The van der Waals surface area contributed by atoms with Gasteiger partial charge in [0, 0.05) is 11.8 Å². The van der Waals surface area contributed by atoms with Gasteiger partial charge in [-0.15, -0.1) is 0 Å². The first-order valence-corrected chi connectivity index (χ1v) is 6.13. The van der Waals surface area contributed by atoms with Gasteiger partial charge < -0.3 is 15.2 Å². The van der Waals surface area contributed by atoms with Gasteiger partial charge in [-0.2, -0.15) is 0 Å². The van der Waals surface area contributed by atoms with E-state index in [1.807, 2.05) is 12.1 Å². The van der Waals surface area contributed by atoms with Crippen molar-refractivity contribution < 1.29 is 14.3 Å². The lowest BCUT2D eigenvalue weighted by molar-refractivity contribution is 0.101. The number of anilines is 1. The van der Waals surface area contributed by atoms with Gasteiger partial charge in [0.05, 0.1) is 18.4 Å². The number of methoxy groups -OCH3 is 1. The van der Waals surface area contributed by atoms with Gasteiger partial charge in [-0.3, -0.25) is 4.79 Å². The second-order valence-electron chi connectivity index (χ2n) is 4.27. The zero-order valence-electron chi connectivity index (χ0n) is 11.4. The molecule has 2 N–H and O–H groups in total. The smallest absolute Gasteiger partial charge is 0.213 e. The van der Waals surface area contributed by atoms with E-state index in [1.165, 1.54) is 6.92 Å². The van der Waals surface area contributed by atoms with E-state index in [0.717, 1.165) is 5.69 Å². The standard InChI is InChI=1S/C15H16N2O3/c1-10(18)13-8-11(16)6-7-14(13)20-9-12-4-3-5-15(17-12)19-2/h3-8H,9,16H2,1-2H3. The number of carbonyl (C=O) groups excluding carboxylic acids is 1. The zero-order valence-corrected chi connectivity index (χ0v) is 11.4. The number of carbonyl (C=O) groups is 1. The summed E-state index contributed by atoms with van der Waals surface area (Å²) in [6.07, 6.45) is 0. The van der Waals surface area contributed by atoms with E-state index in [2.05, 4.69) is 4.98 Å². The van der Waals surface area contributed by atoms with Crippen LogP contribution in [0.1, 0.15) is 23.0 Å². The predicted octanol–water partition coefficient (Wildman–Crippen LogP) is 2.45. The Labute approximate surface area is 117 Å². The van der Waals surface area contributed by atoms with Crippen LogP contribution in [0.15, 0.2) is 36.4 Å². The van der Waals surface area contributed by atoms with E-state index >= 15 is 0 Å². The Morgan fingerprint density at radius 1 is 1.30 bits per heavy atom. The molecule has 0 saturated carbocycles. The average molecular weight is 272 g/mol. The van der Waals surface area contributed by atoms with Crippen LogP contribution in [-0.4, -0.2) is 17.9 Å². The van der Waals surface area contributed by atoms with Gasteiger partial charge in [0.25, 0.3) is 0 Å². The summed E-state index contributed by atoms with van der Waals surface area (Å²) in [6, 6.07) is 10.4. The lowest BCUT2D eigenvalue weighted by Gasteiger charge is -2.10. The molecule has 2 rings (SSSR count). The number of benzene rings is 1. The summed E-state index contributed by atoms with van der Waals surface area (Å²) in [5.41, 5.74) is 7.39. The number of hydrogen-bond acceptors (Lipinski definition) is 5. The second kappa shape index (κ2) is 6.06. The summed E-state index contributed by atoms with van der Waals surface area (Å²) in [5.74, 6) is 0.928. The van der Waals surface area contributed by atoms with Gasteiger partial charge in [0.1, 0.15) is 12.4 Å². The molecule has 0 radical (unpaired) electrons. The molecule has 2 aromatic rings. The summed E-state index contributed by atoms with van der Waals surface area (Å²) in [6.45, 7) is 1.73. The molecule has 0 unspecified atom stereocenters. The van der Waals surface area contributed by atoms with E-state index in [9.17, 15) is 4.79 Å². The number of ether oxygens (including phenoxy) is 2. The molecule has 0 atom stereocenters. The SMILES string of the molecule is COc1cccc(COc2ccc(N)cc2C(C)=O)n1. The van der Waals surface area contributed by atoms with Crippen molar-refractivity contribution in [3.63, 3.8) is 0 Å². The minimum absolute atomic E-state index is 0.0918. The molecule has 1 heterocycles. The summed E-state index contributed by atoms with van der Waals surface area (Å²) >= 11 is 0. The first-order valence-electron chi connectivity index (χ1n) is 6.13. The third kappa shape index (κ3) is 3.26. The van der Waals surface area contributed by atoms with Crippen LogP contribution >= 0.6 is 0 Å². The highest BCUT2D eigenvalue weighted by atomic mass is 16.5. The summed E-state index contributed by atoms with van der Waals surface area (Å²) < 4.78 is 10.7. The normalized spacial score (nSPS) is 10.1. The van der Waals surface area contributed by atoms with Crippen LogP contribution in [0.2, 0.25) is 0 Å². The number of nitrogen functional groups attached to an aromatic ring is 1. The van der Waals surface area contributed by atoms with E-state index in [4.69, 9.17) is 15.2 Å². The van der Waals surface area contributed by atoms with E-state index < -0.39 is 0 Å². The van der Waals surface area contributed by atoms with Gasteiger partial charge in [0.15, 0.2) is 5.78 Å². The highest BCUT2D eigenvalue weighted by Gasteiger charge is 2.09. The van der Waals surface area contributed by atoms with Crippen molar-refractivity contribution in [3.8, 4) is 11.6 Å². The number of aromatic nitrogens is 1. The van der Waals surface area contributed by atoms with Crippen molar-refractivity contribution in [2.24, 2.45) is 0 Å². The number of nitrogens with two attached hydrogens (primary N) is 1. The van der Waals surface area contributed by atoms with E-state index in [1.54, 1.807) is 31.4 Å². The molecule has 0 amide bonds. The first-order chi connectivity index (χ1) is 9.60. The monoisotopic (exact) mass is 272 g/mol. The van der Waals surface area contributed by atoms with Crippen molar-refractivity contribution in [2.75, 3.05) is 12.8 Å². The molecule has 0 bridgehead atoms. The minimum atomic E-state index is -0.0918. The molecular weight excluding hydrogens is 256 g/mol. The molecule has 0 saturated heterocycles. The maximum absolute atomic E-state index is 11.6. The number of hydrogen-bond donors (Lipinski definition) is 1. The summed E-state index contributed by atoms with van der Waals surface area (Å²) in [5, 5.41) is 0.